The maximum Gasteiger partial charge on any atom is 0.264 e. The predicted molar refractivity (Wildman–Crippen MR) is 143 cm³/mol. The number of hydrogen-bond donors (Lipinski definition) is 0. The molecule has 1 saturated heterocycles. The topological polar surface area (TPSA) is 99.9 Å². The minimum absolute atomic E-state index is 0.00748. The normalized spacial score (nSPS) is 17.4. The summed E-state index contributed by atoms with van der Waals surface area (Å²) in [5.74, 6) is 0.0549. The molecule has 1 fully saturated rings. The van der Waals surface area contributed by atoms with Crippen molar-refractivity contribution in [2.24, 2.45) is 5.92 Å². The van der Waals surface area contributed by atoms with Gasteiger partial charge in [-0.15, -0.1) is 21.5 Å². The summed E-state index contributed by atoms with van der Waals surface area (Å²) in [6.07, 6.45) is 1.56. The summed E-state index contributed by atoms with van der Waals surface area (Å²) in [6.45, 7) is 3.39. The van der Waals surface area contributed by atoms with Crippen LogP contribution in [0.15, 0.2) is 52.9 Å². The monoisotopic (exact) mass is 529 g/mol. The summed E-state index contributed by atoms with van der Waals surface area (Å²) in [7, 11) is 1.73. The second-order valence-electron chi connectivity index (χ2n) is 9.84. The molecule has 194 valence electrons. The van der Waals surface area contributed by atoms with E-state index in [0.717, 1.165) is 27.8 Å². The van der Waals surface area contributed by atoms with Crippen molar-refractivity contribution in [2.75, 3.05) is 25.0 Å². The molecule has 38 heavy (non-hydrogen) atoms. The molecule has 1 unspecified atom stereocenters. The third kappa shape index (κ3) is 4.34. The smallest absolute Gasteiger partial charge is 0.264 e. The summed E-state index contributed by atoms with van der Waals surface area (Å²) in [5, 5.41) is 8.92. The van der Waals surface area contributed by atoms with Crippen molar-refractivity contribution in [3.05, 3.63) is 76.3 Å². The van der Waals surface area contributed by atoms with Gasteiger partial charge in [-0.05, 0) is 42.5 Å². The van der Waals surface area contributed by atoms with E-state index in [9.17, 15) is 14.4 Å². The average Bonchev–Trinajstić information content (AvgIpc) is 3.60. The molecule has 4 heterocycles. The molecular formula is C28H27N5O4S. The number of carbonyl (C=O) groups excluding carboxylic acids is 3. The van der Waals surface area contributed by atoms with E-state index in [4.69, 9.17) is 4.42 Å². The first-order valence-corrected chi connectivity index (χ1v) is 13.5. The van der Waals surface area contributed by atoms with Crippen LogP contribution in [0.3, 0.4) is 0 Å². The van der Waals surface area contributed by atoms with Gasteiger partial charge in [-0.3, -0.25) is 19.3 Å². The molecule has 4 aromatic rings. The van der Waals surface area contributed by atoms with Crippen molar-refractivity contribution in [1.29, 1.82) is 0 Å². The highest BCUT2D eigenvalue weighted by Gasteiger charge is 2.40. The van der Waals surface area contributed by atoms with E-state index in [1.54, 1.807) is 36.3 Å². The predicted octanol–water partition coefficient (Wildman–Crippen LogP) is 4.26. The Labute approximate surface area is 223 Å². The van der Waals surface area contributed by atoms with Crippen molar-refractivity contribution in [3.8, 4) is 0 Å². The first kappa shape index (κ1) is 24.3. The Hall–Kier alpha value is -4.05. The zero-order valence-corrected chi connectivity index (χ0v) is 22.0. The fourth-order valence-electron chi connectivity index (χ4n) is 5.38. The molecule has 0 radical (unpaired) electrons. The van der Waals surface area contributed by atoms with Gasteiger partial charge in [-0.2, -0.15) is 0 Å². The summed E-state index contributed by atoms with van der Waals surface area (Å²) in [5.41, 5.74) is 1.57. The van der Waals surface area contributed by atoms with Crippen molar-refractivity contribution in [1.82, 2.24) is 20.0 Å². The summed E-state index contributed by atoms with van der Waals surface area (Å²) in [6, 6.07) is 15.5. The lowest BCUT2D eigenvalue weighted by molar-refractivity contribution is -0.135. The molecule has 9 nitrogen and oxygen atoms in total. The van der Waals surface area contributed by atoms with E-state index < -0.39 is 0 Å². The number of anilines is 1. The highest BCUT2D eigenvalue weighted by Crippen LogP contribution is 2.36. The number of rotatable bonds is 6. The molecule has 0 saturated carbocycles. The molecule has 6 rings (SSSR count). The number of aromatic nitrogens is 2. The Kier molecular flexibility index (Phi) is 6.19. The molecule has 2 aromatic carbocycles. The molecular weight excluding hydrogens is 502 g/mol. The van der Waals surface area contributed by atoms with E-state index in [-0.39, 0.29) is 36.7 Å². The fourth-order valence-corrected chi connectivity index (χ4v) is 6.44. The van der Waals surface area contributed by atoms with Crippen molar-refractivity contribution < 1.29 is 18.8 Å². The van der Waals surface area contributed by atoms with Crippen LogP contribution in [-0.2, 0) is 17.9 Å². The second kappa shape index (κ2) is 9.68. The van der Waals surface area contributed by atoms with Gasteiger partial charge in [0.15, 0.2) is 0 Å². The standard InChI is InChI=1S/C28H27N5O4S/c1-17-29-30-24(37-17)16-31(2)26(34)19-8-6-12-32(14-19)22-10-5-9-21-25(22)28(36)33(27(21)35)15-20-13-18-7-3-4-11-23(18)38-20/h3-5,7,9-11,13,19H,6,8,12,14-16H2,1-2H3. The number of fused-ring (bicyclic) bond motifs is 2. The molecule has 2 aliphatic rings. The van der Waals surface area contributed by atoms with Crippen molar-refractivity contribution >= 4 is 44.8 Å². The molecule has 1 atom stereocenters. The molecule has 10 heteroatoms. The minimum Gasteiger partial charge on any atom is -0.424 e. The van der Waals surface area contributed by atoms with Crippen LogP contribution < -0.4 is 4.90 Å². The van der Waals surface area contributed by atoms with E-state index in [1.165, 1.54) is 4.90 Å². The van der Waals surface area contributed by atoms with Crippen LogP contribution in [0.4, 0.5) is 5.69 Å². The summed E-state index contributed by atoms with van der Waals surface area (Å²) >= 11 is 1.59. The van der Waals surface area contributed by atoms with Gasteiger partial charge in [0, 0.05) is 36.6 Å². The second-order valence-corrected chi connectivity index (χ2v) is 11.0. The lowest BCUT2D eigenvalue weighted by Crippen LogP contribution is -2.44. The van der Waals surface area contributed by atoms with E-state index >= 15 is 0 Å². The minimum atomic E-state index is -0.282. The number of hydrogen-bond acceptors (Lipinski definition) is 8. The third-order valence-electron chi connectivity index (χ3n) is 7.20. The van der Waals surface area contributed by atoms with Gasteiger partial charge in [0.05, 0.1) is 35.8 Å². The van der Waals surface area contributed by atoms with Gasteiger partial charge in [-0.1, -0.05) is 24.3 Å². The zero-order valence-electron chi connectivity index (χ0n) is 21.2. The number of benzene rings is 2. The largest absolute Gasteiger partial charge is 0.424 e. The number of nitrogens with zero attached hydrogens (tertiary/aromatic N) is 5. The van der Waals surface area contributed by atoms with Gasteiger partial charge < -0.3 is 14.2 Å². The lowest BCUT2D eigenvalue weighted by atomic mass is 9.95. The van der Waals surface area contributed by atoms with Crippen LogP contribution in [0.25, 0.3) is 10.1 Å². The SMILES string of the molecule is Cc1nnc(CN(C)C(=O)C2CCCN(c3cccc4c3C(=O)N(Cc3cc5ccccc5s3)C4=O)C2)o1. The third-order valence-corrected chi connectivity index (χ3v) is 8.30. The Balaban J connectivity index is 1.21. The zero-order chi connectivity index (χ0) is 26.4. The molecule has 2 aromatic heterocycles. The highest BCUT2D eigenvalue weighted by atomic mass is 32.1. The Morgan fingerprint density at radius 3 is 2.76 bits per heavy atom. The molecule has 3 amide bonds. The number of carbonyl (C=O) groups is 3. The van der Waals surface area contributed by atoms with Crippen molar-refractivity contribution in [2.45, 2.75) is 32.9 Å². The van der Waals surface area contributed by atoms with E-state index in [0.29, 0.717) is 41.7 Å². The van der Waals surface area contributed by atoms with Crippen LogP contribution in [0.5, 0.6) is 0 Å². The van der Waals surface area contributed by atoms with Gasteiger partial charge in [0.1, 0.15) is 0 Å². The molecule has 0 aliphatic carbocycles. The van der Waals surface area contributed by atoms with Gasteiger partial charge >= 0.3 is 0 Å². The van der Waals surface area contributed by atoms with Gasteiger partial charge in [0.25, 0.3) is 11.8 Å². The van der Waals surface area contributed by atoms with Gasteiger partial charge in [-0.25, -0.2) is 0 Å². The quantitative estimate of drug-likeness (QED) is 0.344. The maximum atomic E-state index is 13.6. The van der Waals surface area contributed by atoms with Crippen LogP contribution in [0.1, 0.15) is 50.2 Å². The Bertz CT molecular complexity index is 1530. The highest BCUT2D eigenvalue weighted by molar-refractivity contribution is 7.19. The number of aryl methyl sites for hydroxylation is 1. The molecule has 0 N–H and O–H groups in total. The number of thiophene rings is 1. The molecule has 0 spiro atoms. The Morgan fingerprint density at radius 2 is 1.97 bits per heavy atom. The number of piperidine rings is 1. The fraction of sp³-hybridized carbons (Fsp3) is 0.321. The first-order chi connectivity index (χ1) is 18.4. The lowest BCUT2D eigenvalue weighted by Gasteiger charge is -2.35. The van der Waals surface area contributed by atoms with E-state index in [1.807, 2.05) is 42.5 Å². The van der Waals surface area contributed by atoms with Crippen LogP contribution in [0.2, 0.25) is 0 Å². The van der Waals surface area contributed by atoms with Crippen molar-refractivity contribution in [3.63, 3.8) is 0 Å². The molecule has 0 bridgehead atoms. The average molecular weight is 530 g/mol. The maximum absolute atomic E-state index is 13.6. The number of imide groups is 1. The number of amides is 3. The van der Waals surface area contributed by atoms with E-state index in [2.05, 4.69) is 15.1 Å². The van der Waals surface area contributed by atoms with Crippen LogP contribution in [0, 0.1) is 12.8 Å². The summed E-state index contributed by atoms with van der Waals surface area (Å²) in [4.78, 5) is 46.1. The summed E-state index contributed by atoms with van der Waals surface area (Å²) < 4.78 is 6.55. The van der Waals surface area contributed by atoms with Gasteiger partial charge in [0.2, 0.25) is 17.7 Å². The van der Waals surface area contributed by atoms with Crippen LogP contribution >= 0.6 is 11.3 Å². The first-order valence-electron chi connectivity index (χ1n) is 12.6. The molecule has 2 aliphatic heterocycles. The Morgan fingerprint density at radius 1 is 1.13 bits per heavy atom. The van der Waals surface area contributed by atoms with Crippen LogP contribution in [-0.4, -0.2) is 57.9 Å².